The van der Waals surface area contributed by atoms with Crippen LogP contribution in [0.1, 0.15) is 13.8 Å². The maximum Gasteiger partial charge on any atom is 0.0666 e. The highest BCUT2D eigenvalue weighted by molar-refractivity contribution is 14.1. The van der Waals surface area contributed by atoms with Crippen LogP contribution in [0.5, 0.6) is 0 Å². The van der Waals surface area contributed by atoms with Crippen molar-refractivity contribution in [1.29, 1.82) is 0 Å². The summed E-state index contributed by atoms with van der Waals surface area (Å²) in [4.78, 5) is 0. The van der Waals surface area contributed by atoms with E-state index in [9.17, 15) is 0 Å². The Labute approximate surface area is 90.8 Å². The molecule has 0 bridgehead atoms. The van der Waals surface area contributed by atoms with Crippen molar-refractivity contribution in [2.24, 2.45) is 0 Å². The summed E-state index contributed by atoms with van der Waals surface area (Å²) in [6.45, 7) is 4.00. The molecule has 2 heteroatoms. The van der Waals surface area contributed by atoms with Gasteiger partial charge in [-0.05, 0) is 40.1 Å². The lowest BCUT2D eigenvalue weighted by atomic mass is 10.3. The molecule has 64 valence electrons. The number of benzene rings is 1. The monoisotopic (exact) mass is 290 g/mol. The van der Waals surface area contributed by atoms with Crippen molar-refractivity contribution in [3.63, 3.8) is 0 Å². The molecule has 2 rings (SSSR count). The normalized spacial score (nSPS) is 9.25. The average molecular weight is 290 g/mol. The minimum Gasteiger partial charge on any atom is -0.129 e. The molecule has 0 aliphatic heterocycles. The summed E-state index contributed by atoms with van der Waals surface area (Å²) in [5.41, 5.74) is 0. The van der Waals surface area contributed by atoms with Gasteiger partial charge in [0, 0.05) is 4.70 Å². The minimum absolute atomic E-state index is 1.36. The molecule has 0 saturated carbocycles. The maximum atomic E-state index is 2.35. The summed E-state index contributed by atoms with van der Waals surface area (Å²) in [6.07, 6.45) is 0. The SMILES string of the molecule is CC.Ic1cc2ccccc2s1. The number of halogens is 1. The number of thiophene rings is 1. The van der Waals surface area contributed by atoms with Crippen LogP contribution in [0.15, 0.2) is 30.3 Å². The number of hydrogen-bond donors (Lipinski definition) is 0. The predicted molar refractivity (Wildman–Crippen MR) is 65.9 cm³/mol. The van der Waals surface area contributed by atoms with Crippen molar-refractivity contribution >= 4 is 44.0 Å². The van der Waals surface area contributed by atoms with Gasteiger partial charge in [-0.15, -0.1) is 11.3 Å². The Morgan fingerprint density at radius 1 is 1.17 bits per heavy atom. The highest BCUT2D eigenvalue weighted by atomic mass is 127. The fraction of sp³-hybridized carbons (Fsp3) is 0.200. The van der Waals surface area contributed by atoms with Gasteiger partial charge in [0.05, 0.1) is 2.88 Å². The van der Waals surface area contributed by atoms with Crippen LogP contribution < -0.4 is 0 Å². The van der Waals surface area contributed by atoms with Gasteiger partial charge in [-0.2, -0.15) is 0 Å². The second-order valence-corrected chi connectivity index (χ2v) is 5.07. The van der Waals surface area contributed by atoms with Crippen molar-refractivity contribution in [3.05, 3.63) is 33.2 Å². The fourth-order valence-electron chi connectivity index (χ4n) is 0.949. The van der Waals surface area contributed by atoms with Gasteiger partial charge < -0.3 is 0 Å². The van der Waals surface area contributed by atoms with Gasteiger partial charge in [0.1, 0.15) is 0 Å². The van der Waals surface area contributed by atoms with Crippen molar-refractivity contribution < 1.29 is 0 Å². The maximum absolute atomic E-state index is 2.35. The fourth-order valence-corrected chi connectivity index (χ4v) is 2.78. The van der Waals surface area contributed by atoms with Gasteiger partial charge in [-0.25, -0.2) is 0 Å². The van der Waals surface area contributed by atoms with Crippen LogP contribution >= 0.6 is 33.9 Å². The average Bonchev–Trinajstić information content (AvgIpc) is 2.48. The van der Waals surface area contributed by atoms with E-state index >= 15 is 0 Å². The number of rotatable bonds is 0. The molecule has 1 heterocycles. The first-order valence-corrected chi connectivity index (χ1v) is 5.90. The molecular formula is C10H11IS. The van der Waals surface area contributed by atoms with Crippen LogP contribution in [0.3, 0.4) is 0 Å². The van der Waals surface area contributed by atoms with E-state index in [1.807, 2.05) is 25.2 Å². The van der Waals surface area contributed by atoms with Gasteiger partial charge in [0.25, 0.3) is 0 Å². The molecule has 0 aliphatic carbocycles. The lowest BCUT2D eigenvalue weighted by Crippen LogP contribution is -1.56. The van der Waals surface area contributed by atoms with E-state index in [1.54, 1.807) is 0 Å². The Bertz CT molecular complexity index is 318. The lowest BCUT2D eigenvalue weighted by Gasteiger charge is -1.82. The first kappa shape index (κ1) is 9.99. The molecule has 0 aliphatic rings. The standard InChI is InChI=1S/C8H5IS.C2H6/c9-8-5-6-3-1-2-4-7(6)10-8;1-2/h1-5H;1-2H3. The summed E-state index contributed by atoms with van der Waals surface area (Å²) >= 11 is 4.19. The highest BCUT2D eigenvalue weighted by Crippen LogP contribution is 2.25. The lowest BCUT2D eigenvalue weighted by molar-refractivity contribution is 1.50. The molecule has 0 spiro atoms. The third-order valence-corrected chi connectivity index (χ3v) is 3.27. The van der Waals surface area contributed by atoms with Crippen LogP contribution in [0.4, 0.5) is 0 Å². The molecule has 0 atom stereocenters. The van der Waals surface area contributed by atoms with Gasteiger partial charge >= 0.3 is 0 Å². The van der Waals surface area contributed by atoms with Crippen LogP contribution in [-0.2, 0) is 0 Å². The Kier molecular flexibility index (Phi) is 4.01. The van der Waals surface area contributed by atoms with E-state index in [0.29, 0.717) is 0 Å². The van der Waals surface area contributed by atoms with Crippen LogP contribution in [-0.4, -0.2) is 0 Å². The smallest absolute Gasteiger partial charge is 0.0666 e. The van der Waals surface area contributed by atoms with Crippen molar-refractivity contribution in [2.75, 3.05) is 0 Å². The summed E-state index contributed by atoms with van der Waals surface area (Å²) < 4.78 is 2.74. The highest BCUT2D eigenvalue weighted by Gasteiger charge is 1.94. The first-order valence-electron chi connectivity index (χ1n) is 4.00. The van der Waals surface area contributed by atoms with Crippen molar-refractivity contribution in [2.45, 2.75) is 13.8 Å². The Morgan fingerprint density at radius 3 is 2.50 bits per heavy atom. The summed E-state index contributed by atoms with van der Waals surface area (Å²) in [6, 6.07) is 10.7. The van der Waals surface area contributed by atoms with E-state index in [4.69, 9.17) is 0 Å². The van der Waals surface area contributed by atoms with E-state index in [-0.39, 0.29) is 0 Å². The second kappa shape index (κ2) is 4.82. The van der Waals surface area contributed by atoms with Crippen molar-refractivity contribution in [1.82, 2.24) is 0 Å². The molecule has 0 N–H and O–H groups in total. The first-order chi connectivity index (χ1) is 5.86. The molecule has 0 unspecified atom stereocenters. The molecular weight excluding hydrogens is 279 g/mol. The third kappa shape index (κ3) is 2.20. The number of fused-ring (bicyclic) bond motifs is 1. The minimum atomic E-state index is 1.36. The van der Waals surface area contributed by atoms with Crippen molar-refractivity contribution in [3.8, 4) is 0 Å². The molecule has 1 aromatic carbocycles. The largest absolute Gasteiger partial charge is 0.129 e. The molecule has 0 fully saturated rings. The second-order valence-electron chi connectivity index (χ2n) is 2.09. The predicted octanol–water partition coefficient (Wildman–Crippen LogP) is 4.53. The Balaban J connectivity index is 0.000000336. The van der Waals surface area contributed by atoms with Gasteiger partial charge in [0.2, 0.25) is 0 Å². The molecule has 0 amide bonds. The molecule has 0 radical (unpaired) electrons. The zero-order valence-corrected chi connectivity index (χ0v) is 10.1. The Hall–Kier alpha value is -0.0900. The van der Waals surface area contributed by atoms with E-state index in [2.05, 4.69) is 52.9 Å². The molecule has 0 nitrogen and oxygen atoms in total. The van der Waals surface area contributed by atoms with Gasteiger partial charge in [-0.3, -0.25) is 0 Å². The van der Waals surface area contributed by atoms with Gasteiger partial charge in [0.15, 0.2) is 0 Å². The van der Waals surface area contributed by atoms with Crippen LogP contribution in [0.2, 0.25) is 0 Å². The zero-order valence-electron chi connectivity index (χ0n) is 7.17. The quantitative estimate of drug-likeness (QED) is 0.625. The van der Waals surface area contributed by atoms with E-state index < -0.39 is 0 Å². The van der Waals surface area contributed by atoms with Crippen LogP contribution in [0, 0.1) is 2.88 Å². The molecule has 1 aromatic heterocycles. The number of hydrogen-bond acceptors (Lipinski definition) is 1. The Morgan fingerprint density at radius 2 is 1.83 bits per heavy atom. The zero-order chi connectivity index (χ0) is 8.97. The summed E-state index contributed by atoms with van der Waals surface area (Å²) in [5, 5.41) is 1.36. The third-order valence-electron chi connectivity index (χ3n) is 1.40. The summed E-state index contributed by atoms with van der Waals surface area (Å²) in [5.74, 6) is 0. The molecule has 2 aromatic rings. The summed E-state index contributed by atoms with van der Waals surface area (Å²) in [7, 11) is 0. The van der Waals surface area contributed by atoms with E-state index in [1.165, 1.54) is 13.0 Å². The topological polar surface area (TPSA) is 0 Å². The molecule has 12 heavy (non-hydrogen) atoms. The van der Waals surface area contributed by atoms with Crippen LogP contribution in [0.25, 0.3) is 10.1 Å². The molecule has 0 saturated heterocycles. The van der Waals surface area contributed by atoms with E-state index in [0.717, 1.165) is 0 Å². The van der Waals surface area contributed by atoms with Gasteiger partial charge in [-0.1, -0.05) is 32.0 Å².